The molecule has 3 atom stereocenters. The molecule has 2 saturated heterocycles. The lowest BCUT2D eigenvalue weighted by Gasteiger charge is -2.39. The standard InChI is InChI=1S/C26H33N5O4S/c27-13-5-4-8-20(24(34)26-28-14-15-36-26)29-25(35)21-11-10-19-16-30(17-23(33)31(19)21)22(32)12-9-18-6-2-1-3-7-18/h1-3,6-7,14-15,19-21H,4-5,8-13,16-17,27H2,(H,29,35)/t19-,20?,21?/m0/s1. The van der Waals surface area contributed by atoms with E-state index < -0.39 is 12.1 Å². The molecule has 2 aliphatic rings. The van der Waals surface area contributed by atoms with Crippen LogP contribution in [0, 0.1) is 0 Å². The maximum atomic E-state index is 13.3. The monoisotopic (exact) mass is 511 g/mol. The number of aromatic nitrogens is 1. The van der Waals surface area contributed by atoms with Crippen LogP contribution in [0.1, 0.15) is 53.9 Å². The van der Waals surface area contributed by atoms with Gasteiger partial charge >= 0.3 is 0 Å². The number of hydrogen-bond donors (Lipinski definition) is 2. The zero-order chi connectivity index (χ0) is 25.5. The van der Waals surface area contributed by atoms with Gasteiger partial charge in [-0.25, -0.2) is 4.98 Å². The molecule has 192 valence electrons. The number of amides is 3. The highest BCUT2D eigenvalue weighted by Gasteiger charge is 2.46. The number of Topliss-reactive ketones (excluding diaryl/α,β-unsaturated/α-hetero) is 1. The molecule has 0 spiro atoms. The van der Waals surface area contributed by atoms with Crippen LogP contribution in [0.2, 0.25) is 0 Å². The molecule has 0 aliphatic carbocycles. The zero-order valence-corrected chi connectivity index (χ0v) is 21.1. The van der Waals surface area contributed by atoms with E-state index >= 15 is 0 Å². The molecule has 9 nitrogen and oxygen atoms in total. The van der Waals surface area contributed by atoms with Gasteiger partial charge in [-0.05, 0) is 50.6 Å². The fraction of sp³-hybridized carbons (Fsp3) is 0.500. The first-order chi connectivity index (χ1) is 17.5. The molecule has 2 fully saturated rings. The van der Waals surface area contributed by atoms with Crippen molar-refractivity contribution in [3.05, 3.63) is 52.5 Å². The second-order valence-corrected chi connectivity index (χ2v) is 10.2. The van der Waals surface area contributed by atoms with Gasteiger partial charge in [0, 0.05) is 24.5 Å². The molecular formula is C26H33N5O4S. The van der Waals surface area contributed by atoms with Crippen molar-refractivity contribution in [3.8, 4) is 0 Å². The largest absolute Gasteiger partial charge is 0.344 e. The number of ketones is 1. The molecule has 3 heterocycles. The summed E-state index contributed by atoms with van der Waals surface area (Å²) >= 11 is 1.24. The number of hydrogen-bond acceptors (Lipinski definition) is 7. The van der Waals surface area contributed by atoms with E-state index in [1.165, 1.54) is 11.3 Å². The molecule has 10 heteroatoms. The van der Waals surface area contributed by atoms with Crippen molar-refractivity contribution in [3.63, 3.8) is 0 Å². The Labute approximate surface area is 215 Å². The number of piperazine rings is 1. The minimum absolute atomic E-state index is 0.0219. The first kappa shape index (κ1) is 26.0. The van der Waals surface area contributed by atoms with E-state index in [0.717, 1.165) is 12.0 Å². The number of nitrogens with two attached hydrogens (primary N) is 1. The Hall–Kier alpha value is -3.11. The third-order valence-electron chi connectivity index (χ3n) is 6.90. The SMILES string of the molecule is NCCCCC(NC(=O)C1CC[C@H]2CN(C(=O)CCc3ccccc3)CC(=O)N12)C(=O)c1nccs1. The highest BCUT2D eigenvalue weighted by molar-refractivity contribution is 7.11. The third-order valence-corrected chi connectivity index (χ3v) is 7.68. The number of nitrogens with zero attached hydrogens (tertiary/aromatic N) is 3. The van der Waals surface area contributed by atoms with Gasteiger partial charge in [0.2, 0.25) is 23.5 Å². The molecular weight excluding hydrogens is 478 g/mol. The lowest BCUT2D eigenvalue weighted by atomic mass is 10.0. The number of aryl methyl sites for hydroxylation is 1. The van der Waals surface area contributed by atoms with Crippen LogP contribution < -0.4 is 11.1 Å². The Morgan fingerprint density at radius 3 is 2.69 bits per heavy atom. The molecule has 2 unspecified atom stereocenters. The van der Waals surface area contributed by atoms with Crippen LogP contribution >= 0.6 is 11.3 Å². The van der Waals surface area contributed by atoms with Crippen molar-refractivity contribution in [1.82, 2.24) is 20.1 Å². The summed E-state index contributed by atoms with van der Waals surface area (Å²) in [6, 6.07) is 8.27. The van der Waals surface area contributed by atoms with Crippen molar-refractivity contribution >= 4 is 34.8 Å². The van der Waals surface area contributed by atoms with Gasteiger partial charge in [-0.2, -0.15) is 0 Å². The average molecular weight is 512 g/mol. The molecule has 3 amide bonds. The predicted molar refractivity (Wildman–Crippen MR) is 136 cm³/mol. The Morgan fingerprint density at radius 1 is 1.17 bits per heavy atom. The Kier molecular flexibility index (Phi) is 8.82. The number of fused-ring (bicyclic) bond motifs is 1. The van der Waals surface area contributed by atoms with E-state index in [1.807, 2.05) is 30.3 Å². The van der Waals surface area contributed by atoms with Crippen molar-refractivity contribution in [2.75, 3.05) is 19.6 Å². The molecule has 1 aromatic carbocycles. The summed E-state index contributed by atoms with van der Waals surface area (Å²) in [4.78, 5) is 59.4. The lowest BCUT2D eigenvalue weighted by molar-refractivity contribution is -0.151. The van der Waals surface area contributed by atoms with Crippen LogP contribution in [0.25, 0.3) is 0 Å². The number of carbonyl (C=O) groups is 4. The summed E-state index contributed by atoms with van der Waals surface area (Å²) in [6.45, 7) is 0.923. The number of thiazole rings is 1. The second kappa shape index (κ2) is 12.2. The molecule has 4 rings (SSSR count). The van der Waals surface area contributed by atoms with Crippen LogP contribution in [0.15, 0.2) is 41.9 Å². The molecule has 0 bridgehead atoms. The fourth-order valence-electron chi connectivity index (χ4n) is 5.03. The summed E-state index contributed by atoms with van der Waals surface area (Å²) in [5.74, 6) is -0.806. The normalized spacial score (nSPS) is 20.2. The Morgan fingerprint density at radius 2 is 1.97 bits per heavy atom. The minimum atomic E-state index is -0.704. The number of nitrogens with one attached hydrogen (secondary N) is 1. The molecule has 1 aromatic heterocycles. The first-order valence-corrected chi connectivity index (χ1v) is 13.4. The van der Waals surface area contributed by atoms with E-state index in [0.29, 0.717) is 56.6 Å². The van der Waals surface area contributed by atoms with E-state index in [-0.39, 0.29) is 36.1 Å². The van der Waals surface area contributed by atoms with Gasteiger partial charge in [-0.1, -0.05) is 30.3 Å². The van der Waals surface area contributed by atoms with Gasteiger partial charge in [-0.15, -0.1) is 11.3 Å². The van der Waals surface area contributed by atoms with Crippen molar-refractivity contribution in [2.45, 2.75) is 63.1 Å². The van der Waals surface area contributed by atoms with Crippen LogP contribution in [0.4, 0.5) is 0 Å². The fourth-order valence-corrected chi connectivity index (χ4v) is 5.66. The van der Waals surface area contributed by atoms with E-state index in [9.17, 15) is 19.2 Å². The van der Waals surface area contributed by atoms with Crippen LogP contribution in [-0.4, -0.2) is 76.0 Å². The summed E-state index contributed by atoms with van der Waals surface area (Å²) in [7, 11) is 0. The predicted octanol–water partition coefficient (Wildman–Crippen LogP) is 1.77. The van der Waals surface area contributed by atoms with E-state index in [4.69, 9.17) is 5.73 Å². The summed E-state index contributed by atoms with van der Waals surface area (Å²) < 4.78 is 0. The molecule has 2 aliphatic heterocycles. The lowest BCUT2D eigenvalue weighted by Crippen LogP contribution is -2.60. The van der Waals surface area contributed by atoms with E-state index in [1.54, 1.807) is 21.4 Å². The molecule has 3 N–H and O–H groups in total. The zero-order valence-electron chi connectivity index (χ0n) is 20.3. The van der Waals surface area contributed by atoms with Crippen molar-refractivity contribution in [1.29, 1.82) is 0 Å². The van der Waals surface area contributed by atoms with Crippen molar-refractivity contribution < 1.29 is 19.2 Å². The molecule has 2 aromatic rings. The van der Waals surface area contributed by atoms with Gasteiger partial charge in [-0.3, -0.25) is 19.2 Å². The summed E-state index contributed by atoms with van der Waals surface area (Å²) in [6.07, 6.45) is 5.61. The number of carbonyl (C=O) groups excluding carboxylic acids is 4. The summed E-state index contributed by atoms with van der Waals surface area (Å²) in [5, 5.41) is 4.98. The van der Waals surface area contributed by atoms with Gasteiger partial charge in [0.25, 0.3) is 0 Å². The maximum Gasteiger partial charge on any atom is 0.243 e. The smallest absolute Gasteiger partial charge is 0.243 e. The van der Waals surface area contributed by atoms with Gasteiger partial charge < -0.3 is 20.9 Å². The second-order valence-electron chi connectivity index (χ2n) is 9.35. The third kappa shape index (κ3) is 6.17. The Bertz CT molecular complexity index is 1060. The number of unbranched alkanes of at least 4 members (excludes halogenated alkanes) is 1. The maximum absolute atomic E-state index is 13.3. The number of benzene rings is 1. The minimum Gasteiger partial charge on any atom is -0.344 e. The topological polar surface area (TPSA) is 126 Å². The highest BCUT2D eigenvalue weighted by atomic mass is 32.1. The van der Waals surface area contributed by atoms with Crippen LogP contribution in [0.3, 0.4) is 0 Å². The highest BCUT2D eigenvalue weighted by Crippen LogP contribution is 2.29. The van der Waals surface area contributed by atoms with Gasteiger partial charge in [0.05, 0.1) is 18.6 Å². The molecule has 36 heavy (non-hydrogen) atoms. The average Bonchev–Trinajstić information content (AvgIpc) is 3.58. The molecule has 0 saturated carbocycles. The van der Waals surface area contributed by atoms with Crippen LogP contribution in [-0.2, 0) is 20.8 Å². The van der Waals surface area contributed by atoms with E-state index in [2.05, 4.69) is 10.3 Å². The quantitative estimate of drug-likeness (QED) is 0.350. The first-order valence-electron chi connectivity index (χ1n) is 12.5. The molecule has 0 radical (unpaired) electrons. The summed E-state index contributed by atoms with van der Waals surface area (Å²) in [5.41, 5.74) is 6.69. The van der Waals surface area contributed by atoms with Crippen LogP contribution in [0.5, 0.6) is 0 Å². The Balaban J connectivity index is 1.35. The van der Waals surface area contributed by atoms with Gasteiger partial charge in [0.15, 0.2) is 5.01 Å². The van der Waals surface area contributed by atoms with Gasteiger partial charge in [0.1, 0.15) is 6.04 Å². The van der Waals surface area contributed by atoms with Crippen molar-refractivity contribution in [2.24, 2.45) is 5.73 Å². The number of rotatable bonds is 11.